The van der Waals surface area contributed by atoms with Crippen molar-refractivity contribution in [1.29, 1.82) is 0 Å². The summed E-state index contributed by atoms with van der Waals surface area (Å²) < 4.78 is 10.6. The van der Waals surface area contributed by atoms with Crippen molar-refractivity contribution in [3.63, 3.8) is 0 Å². The molecule has 0 radical (unpaired) electrons. The summed E-state index contributed by atoms with van der Waals surface area (Å²) in [5.74, 6) is -0.0137. The lowest BCUT2D eigenvalue weighted by Crippen LogP contribution is -2.18. The summed E-state index contributed by atoms with van der Waals surface area (Å²) >= 11 is 0. The van der Waals surface area contributed by atoms with Gasteiger partial charge in [0.05, 0.1) is 6.61 Å². The Kier molecular flexibility index (Phi) is 3.36. The van der Waals surface area contributed by atoms with Crippen LogP contribution >= 0.6 is 0 Å². The minimum atomic E-state index is -0.796. The lowest BCUT2D eigenvalue weighted by atomic mass is 10.5. The van der Waals surface area contributed by atoms with Gasteiger partial charge in [0.15, 0.2) is 5.82 Å². The van der Waals surface area contributed by atoms with Crippen molar-refractivity contribution >= 4 is 23.5 Å². The highest BCUT2D eigenvalue weighted by Gasteiger charge is 2.14. The highest BCUT2D eigenvalue weighted by Crippen LogP contribution is 2.16. The largest absolute Gasteiger partial charge is 0.461 e. The Morgan fingerprint density at radius 2 is 2.26 bits per heavy atom. The first-order chi connectivity index (χ1) is 9.01. The molecule has 0 aliphatic rings. The van der Waals surface area contributed by atoms with E-state index in [-0.39, 0.29) is 18.2 Å². The lowest BCUT2D eigenvalue weighted by molar-refractivity contribution is 0.167. The third-order valence-electron chi connectivity index (χ3n) is 2.21. The van der Waals surface area contributed by atoms with Gasteiger partial charge < -0.3 is 14.2 Å². The Hall–Kier alpha value is -2.58. The number of amides is 1. The van der Waals surface area contributed by atoms with E-state index in [1.165, 1.54) is 6.07 Å². The van der Waals surface area contributed by atoms with Crippen LogP contribution in [0.1, 0.15) is 6.92 Å². The number of anilines is 2. The molecule has 19 heavy (non-hydrogen) atoms. The summed E-state index contributed by atoms with van der Waals surface area (Å²) in [5, 5.41) is 2.46. The molecule has 9 nitrogen and oxygen atoms in total. The zero-order valence-electron chi connectivity index (χ0n) is 10.7. The fraction of sp³-hybridized carbons (Fsp3) is 0.400. The molecule has 2 rings (SSSR count). The molecule has 1 amide bonds. The van der Waals surface area contributed by atoms with Crippen LogP contribution in [0.15, 0.2) is 15.4 Å². The number of carbonyl (C=O) groups excluding carboxylic acids is 1. The molecule has 0 unspecified atom stereocenters. The minimum absolute atomic E-state index is 0.0583. The van der Waals surface area contributed by atoms with Gasteiger partial charge in [-0.1, -0.05) is 0 Å². The molecule has 0 aliphatic heterocycles. The summed E-state index contributed by atoms with van der Waals surface area (Å²) in [7, 11) is 3.54. The van der Waals surface area contributed by atoms with Gasteiger partial charge in [0.25, 0.3) is 5.78 Å². The minimum Gasteiger partial charge on any atom is -0.450 e. The zero-order chi connectivity index (χ0) is 14.0. The molecule has 0 fully saturated rings. The molecular formula is C10H13N5O4. The lowest BCUT2D eigenvalue weighted by Gasteiger charge is -2.13. The number of nitrogens with zero attached hydrogens (tertiary/aromatic N) is 4. The predicted molar refractivity (Wildman–Crippen MR) is 66.5 cm³/mol. The zero-order valence-corrected chi connectivity index (χ0v) is 10.7. The van der Waals surface area contributed by atoms with Gasteiger partial charge >= 0.3 is 11.8 Å². The summed E-state index contributed by atoms with van der Waals surface area (Å²) in [5.41, 5.74) is 0. The molecule has 9 heteroatoms. The molecular weight excluding hydrogens is 254 g/mol. The molecule has 0 aromatic carbocycles. The maximum atomic E-state index is 11.4. The van der Waals surface area contributed by atoms with E-state index in [9.17, 15) is 9.59 Å². The summed E-state index contributed by atoms with van der Waals surface area (Å²) in [6, 6.07) is 1.54. The van der Waals surface area contributed by atoms with Gasteiger partial charge in [0.1, 0.15) is 5.82 Å². The highest BCUT2D eigenvalue weighted by atomic mass is 16.6. The van der Waals surface area contributed by atoms with E-state index in [1.807, 2.05) is 0 Å². The van der Waals surface area contributed by atoms with Crippen LogP contribution in [-0.2, 0) is 4.74 Å². The first kappa shape index (κ1) is 12.9. The quantitative estimate of drug-likeness (QED) is 0.854. The predicted octanol–water partition coefficient (Wildman–Crippen LogP) is 0.317. The molecule has 0 bridgehead atoms. The maximum absolute atomic E-state index is 11.4. The van der Waals surface area contributed by atoms with Crippen LogP contribution in [0.5, 0.6) is 0 Å². The fourth-order valence-corrected chi connectivity index (χ4v) is 1.40. The SMILES string of the molecule is CCOC(=O)Nc1cc(N(C)C)nc2nc(=O)on12. The van der Waals surface area contributed by atoms with Crippen molar-refractivity contribution in [3.05, 3.63) is 16.6 Å². The van der Waals surface area contributed by atoms with Gasteiger partial charge in [-0.15, -0.1) is 9.56 Å². The number of ether oxygens (including phenoxy) is 1. The van der Waals surface area contributed by atoms with Crippen molar-refractivity contribution < 1.29 is 14.1 Å². The van der Waals surface area contributed by atoms with E-state index < -0.39 is 11.8 Å². The molecule has 0 spiro atoms. The van der Waals surface area contributed by atoms with Gasteiger partial charge in [0, 0.05) is 20.2 Å². The third kappa shape index (κ3) is 2.64. The van der Waals surface area contributed by atoms with Crippen molar-refractivity contribution in [1.82, 2.24) is 14.5 Å². The second-order valence-corrected chi connectivity index (χ2v) is 3.80. The van der Waals surface area contributed by atoms with Gasteiger partial charge in [-0.3, -0.25) is 5.32 Å². The van der Waals surface area contributed by atoms with Crippen LogP contribution in [0, 0.1) is 0 Å². The Balaban J connectivity index is 2.50. The van der Waals surface area contributed by atoms with Crippen LogP contribution in [0.25, 0.3) is 5.78 Å². The Morgan fingerprint density at radius 1 is 1.53 bits per heavy atom. The van der Waals surface area contributed by atoms with Crippen LogP contribution in [0.2, 0.25) is 0 Å². The topological polar surface area (TPSA) is 102 Å². The smallest absolute Gasteiger partial charge is 0.450 e. The first-order valence-corrected chi connectivity index (χ1v) is 5.53. The van der Waals surface area contributed by atoms with Crippen molar-refractivity contribution in [2.75, 3.05) is 30.9 Å². The van der Waals surface area contributed by atoms with E-state index in [4.69, 9.17) is 9.26 Å². The molecule has 102 valence electrons. The Labute approximate surface area is 107 Å². The van der Waals surface area contributed by atoms with E-state index in [0.717, 1.165) is 4.57 Å². The number of fused-ring (bicyclic) bond motifs is 1. The number of carbonyl (C=O) groups is 1. The Morgan fingerprint density at radius 3 is 2.89 bits per heavy atom. The van der Waals surface area contributed by atoms with Crippen LogP contribution < -0.4 is 16.0 Å². The summed E-state index contributed by atoms with van der Waals surface area (Å²) in [6.07, 6.45) is -0.656. The highest BCUT2D eigenvalue weighted by molar-refractivity contribution is 5.84. The maximum Gasteiger partial charge on any atom is 0.461 e. The van der Waals surface area contributed by atoms with E-state index in [1.54, 1.807) is 25.9 Å². The van der Waals surface area contributed by atoms with Crippen LogP contribution in [0.4, 0.5) is 16.4 Å². The normalized spacial score (nSPS) is 10.5. The van der Waals surface area contributed by atoms with Gasteiger partial charge in [-0.05, 0) is 6.92 Å². The molecule has 2 aromatic rings. The molecule has 0 saturated carbocycles. The number of aromatic nitrogens is 3. The molecule has 1 N–H and O–H groups in total. The number of hydrogen-bond acceptors (Lipinski definition) is 7. The fourth-order valence-electron chi connectivity index (χ4n) is 1.40. The van der Waals surface area contributed by atoms with Gasteiger partial charge in [-0.25, -0.2) is 9.59 Å². The number of nitrogens with one attached hydrogen (secondary N) is 1. The number of rotatable bonds is 3. The Bertz CT molecular complexity index is 659. The van der Waals surface area contributed by atoms with Crippen LogP contribution in [-0.4, -0.2) is 41.3 Å². The number of hydrogen-bond donors (Lipinski definition) is 1. The van der Waals surface area contributed by atoms with Gasteiger partial charge in [-0.2, -0.15) is 4.98 Å². The van der Waals surface area contributed by atoms with Crippen molar-refractivity contribution in [2.24, 2.45) is 0 Å². The second kappa shape index (κ2) is 4.96. The van der Waals surface area contributed by atoms with E-state index >= 15 is 0 Å². The standard InChI is InChI=1S/C10H13N5O4/c1-4-18-9(16)12-7-5-6(14(2)3)11-8-13-10(17)19-15(7)8/h5H,4H2,1-3H3,(H,12,16). The van der Waals surface area contributed by atoms with Crippen LogP contribution in [0.3, 0.4) is 0 Å². The first-order valence-electron chi connectivity index (χ1n) is 5.53. The summed E-state index contributed by atoms with van der Waals surface area (Å²) in [6.45, 7) is 1.92. The average Bonchev–Trinajstić information content (AvgIpc) is 2.69. The van der Waals surface area contributed by atoms with Crippen molar-refractivity contribution in [2.45, 2.75) is 6.92 Å². The van der Waals surface area contributed by atoms with E-state index in [2.05, 4.69) is 15.3 Å². The van der Waals surface area contributed by atoms with Gasteiger partial charge in [0.2, 0.25) is 0 Å². The molecule has 0 atom stereocenters. The molecule has 2 aromatic heterocycles. The third-order valence-corrected chi connectivity index (χ3v) is 2.21. The second-order valence-electron chi connectivity index (χ2n) is 3.80. The van der Waals surface area contributed by atoms with E-state index in [0.29, 0.717) is 5.82 Å². The monoisotopic (exact) mass is 267 g/mol. The van der Waals surface area contributed by atoms with Crippen molar-refractivity contribution in [3.8, 4) is 0 Å². The molecule has 0 aliphatic carbocycles. The summed E-state index contributed by atoms with van der Waals surface area (Å²) in [4.78, 5) is 31.9. The average molecular weight is 267 g/mol. The molecule has 2 heterocycles. The molecule has 0 saturated heterocycles.